The Morgan fingerprint density at radius 2 is 2.18 bits per heavy atom. The summed E-state index contributed by atoms with van der Waals surface area (Å²) in [4.78, 5) is 15.4. The summed E-state index contributed by atoms with van der Waals surface area (Å²) in [6.45, 7) is 1.26. The molecule has 1 aromatic carbocycles. The van der Waals surface area contributed by atoms with Gasteiger partial charge in [-0.3, -0.25) is 4.79 Å². The minimum atomic E-state index is -0.0504. The molecular formula is C20H21N3O4S. The van der Waals surface area contributed by atoms with Crippen molar-refractivity contribution in [2.24, 2.45) is 0 Å². The lowest BCUT2D eigenvalue weighted by atomic mass is 9.98. The van der Waals surface area contributed by atoms with Gasteiger partial charge in [0, 0.05) is 19.2 Å². The highest BCUT2D eigenvalue weighted by atomic mass is 32.1. The van der Waals surface area contributed by atoms with Gasteiger partial charge in [-0.15, -0.1) is 21.5 Å². The lowest BCUT2D eigenvalue weighted by molar-refractivity contribution is -0.134. The first-order valence-corrected chi connectivity index (χ1v) is 10.0. The molecule has 1 aliphatic rings. The van der Waals surface area contributed by atoms with Crippen LogP contribution < -0.4 is 9.47 Å². The smallest absolute Gasteiger partial charge is 0.260 e. The highest BCUT2D eigenvalue weighted by Crippen LogP contribution is 2.30. The van der Waals surface area contributed by atoms with E-state index in [1.54, 1.807) is 30.6 Å². The van der Waals surface area contributed by atoms with Crippen molar-refractivity contribution in [3.63, 3.8) is 0 Å². The van der Waals surface area contributed by atoms with Gasteiger partial charge in [0.05, 0.1) is 17.9 Å². The zero-order chi connectivity index (χ0) is 19.3. The lowest BCUT2D eigenvalue weighted by Crippen LogP contribution is -2.41. The Hall–Kier alpha value is -2.87. The number of nitrogens with zero attached hydrogens (tertiary/aromatic N) is 3. The second-order valence-corrected chi connectivity index (χ2v) is 7.52. The average Bonchev–Trinajstić information content (AvgIpc) is 3.44. The normalized spacial score (nSPS) is 16.8. The molecule has 7 nitrogen and oxygen atoms in total. The Kier molecular flexibility index (Phi) is 5.57. The van der Waals surface area contributed by atoms with E-state index in [1.807, 2.05) is 34.5 Å². The fourth-order valence-corrected chi connectivity index (χ4v) is 3.88. The van der Waals surface area contributed by atoms with E-state index in [4.69, 9.17) is 13.9 Å². The van der Waals surface area contributed by atoms with Crippen molar-refractivity contribution in [1.29, 1.82) is 0 Å². The number of ether oxygens (including phenoxy) is 2. The molecule has 1 fully saturated rings. The van der Waals surface area contributed by atoms with E-state index in [-0.39, 0.29) is 18.4 Å². The average molecular weight is 399 g/mol. The zero-order valence-corrected chi connectivity index (χ0v) is 16.4. The number of thiophene rings is 1. The van der Waals surface area contributed by atoms with Gasteiger partial charge < -0.3 is 18.8 Å². The van der Waals surface area contributed by atoms with Crippen LogP contribution in [0.5, 0.6) is 11.5 Å². The van der Waals surface area contributed by atoms with Gasteiger partial charge in [0.1, 0.15) is 11.5 Å². The monoisotopic (exact) mass is 399 g/mol. The van der Waals surface area contributed by atoms with E-state index in [9.17, 15) is 4.79 Å². The number of aromatic nitrogens is 2. The first-order valence-electron chi connectivity index (χ1n) is 9.15. The van der Waals surface area contributed by atoms with Gasteiger partial charge in [-0.25, -0.2) is 0 Å². The van der Waals surface area contributed by atoms with Gasteiger partial charge in [0.15, 0.2) is 6.61 Å². The van der Waals surface area contributed by atoms with Crippen LogP contribution in [0.25, 0.3) is 10.8 Å². The van der Waals surface area contributed by atoms with Crippen molar-refractivity contribution < 1.29 is 18.7 Å². The van der Waals surface area contributed by atoms with Crippen LogP contribution in [0, 0.1) is 0 Å². The highest BCUT2D eigenvalue weighted by Gasteiger charge is 2.28. The lowest BCUT2D eigenvalue weighted by Gasteiger charge is -2.31. The zero-order valence-electron chi connectivity index (χ0n) is 15.5. The summed E-state index contributed by atoms with van der Waals surface area (Å²) in [5.41, 5.74) is 0. The number of carbonyl (C=O) groups is 1. The van der Waals surface area contributed by atoms with Crippen LogP contribution in [0.3, 0.4) is 0 Å². The van der Waals surface area contributed by atoms with E-state index in [1.165, 1.54) is 0 Å². The Morgan fingerprint density at radius 3 is 3.00 bits per heavy atom. The van der Waals surface area contributed by atoms with Gasteiger partial charge in [0.25, 0.3) is 11.8 Å². The SMILES string of the molecule is COc1cccc(OCC(=O)N2CCCC(c3nnc(-c4cccs4)o3)C2)c1. The van der Waals surface area contributed by atoms with E-state index in [2.05, 4.69) is 10.2 Å². The van der Waals surface area contributed by atoms with Crippen molar-refractivity contribution >= 4 is 17.2 Å². The molecule has 28 heavy (non-hydrogen) atoms. The van der Waals surface area contributed by atoms with Gasteiger partial charge in [-0.2, -0.15) is 0 Å². The molecule has 3 heterocycles. The summed E-state index contributed by atoms with van der Waals surface area (Å²) >= 11 is 1.56. The molecule has 1 aliphatic heterocycles. The predicted molar refractivity (Wildman–Crippen MR) is 105 cm³/mol. The first-order chi connectivity index (χ1) is 13.7. The van der Waals surface area contributed by atoms with Crippen molar-refractivity contribution in [1.82, 2.24) is 15.1 Å². The summed E-state index contributed by atoms with van der Waals surface area (Å²) in [6, 6.07) is 11.1. The van der Waals surface area contributed by atoms with Crippen molar-refractivity contribution in [3.8, 4) is 22.3 Å². The third-order valence-corrected chi connectivity index (χ3v) is 5.56. The Morgan fingerprint density at radius 1 is 1.29 bits per heavy atom. The second kappa shape index (κ2) is 8.43. The van der Waals surface area contributed by atoms with E-state index in [0.717, 1.165) is 17.7 Å². The summed E-state index contributed by atoms with van der Waals surface area (Å²) in [6.07, 6.45) is 1.82. The second-order valence-electron chi connectivity index (χ2n) is 6.57. The molecule has 1 saturated heterocycles. The van der Waals surface area contributed by atoms with Crippen LogP contribution in [-0.2, 0) is 4.79 Å². The summed E-state index contributed by atoms with van der Waals surface area (Å²) in [5.74, 6) is 2.44. The Balaban J connectivity index is 1.36. The van der Waals surface area contributed by atoms with Gasteiger partial charge in [-0.05, 0) is 36.4 Å². The molecule has 0 bridgehead atoms. The van der Waals surface area contributed by atoms with Crippen LogP contribution in [0.2, 0.25) is 0 Å². The number of piperidine rings is 1. The quantitative estimate of drug-likeness (QED) is 0.630. The minimum absolute atomic E-state index is 0.00976. The molecule has 0 aliphatic carbocycles. The topological polar surface area (TPSA) is 77.7 Å². The van der Waals surface area contributed by atoms with Crippen LogP contribution in [0.1, 0.15) is 24.7 Å². The molecule has 0 N–H and O–H groups in total. The summed E-state index contributed by atoms with van der Waals surface area (Å²) in [5, 5.41) is 10.3. The maximum absolute atomic E-state index is 12.6. The fourth-order valence-electron chi connectivity index (χ4n) is 3.23. The Labute approximate surface area is 166 Å². The molecule has 0 saturated carbocycles. The maximum atomic E-state index is 12.6. The highest BCUT2D eigenvalue weighted by molar-refractivity contribution is 7.13. The van der Waals surface area contributed by atoms with Crippen LogP contribution in [-0.4, -0.2) is 47.8 Å². The number of hydrogen-bond acceptors (Lipinski definition) is 7. The minimum Gasteiger partial charge on any atom is -0.497 e. The number of likely N-dealkylation sites (tertiary alicyclic amines) is 1. The number of carbonyl (C=O) groups excluding carboxylic acids is 1. The standard InChI is InChI=1S/C20H21N3O4S/c1-25-15-6-2-7-16(11-15)26-13-18(24)23-9-3-5-14(12-23)19-21-22-20(27-19)17-8-4-10-28-17/h2,4,6-8,10-11,14H,3,5,9,12-13H2,1H3. The molecule has 1 unspecified atom stereocenters. The number of amides is 1. The fraction of sp³-hybridized carbons (Fsp3) is 0.350. The molecule has 146 valence electrons. The van der Waals surface area contributed by atoms with Gasteiger partial charge >= 0.3 is 0 Å². The van der Waals surface area contributed by atoms with Crippen LogP contribution >= 0.6 is 11.3 Å². The summed E-state index contributed by atoms with van der Waals surface area (Å²) < 4.78 is 16.7. The van der Waals surface area contributed by atoms with E-state index < -0.39 is 0 Å². The van der Waals surface area contributed by atoms with Crippen molar-refractivity contribution in [2.75, 3.05) is 26.8 Å². The van der Waals surface area contributed by atoms with Crippen LogP contribution in [0.4, 0.5) is 0 Å². The molecule has 8 heteroatoms. The molecular weight excluding hydrogens is 378 g/mol. The molecule has 0 spiro atoms. The van der Waals surface area contributed by atoms with E-state index in [0.29, 0.717) is 36.4 Å². The number of benzene rings is 1. The van der Waals surface area contributed by atoms with E-state index >= 15 is 0 Å². The molecule has 1 atom stereocenters. The predicted octanol–water partition coefficient (Wildman–Crippen LogP) is 3.59. The van der Waals surface area contributed by atoms with Gasteiger partial charge in [0.2, 0.25) is 5.89 Å². The van der Waals surface area contributed by atoms with Crippen molar-refractivity contribution in [2.45, 2.75) is 18.8 Å². The third kappa shape index (κ3) is 4.17. The molecule has 2 aromatic heterocycles. The molecule has 0 radical (unpaired) electrons. The van der Waals surface area contributed by atoms with Crippen molar-refractivity contribution in [3.05, 3.63) is 47.7 Å². The summed E-state index contributed by atoms with van der Waals surface area (Å²) in [7, 11) is 1.60. The number of methoxy groups -OCH3 is 1. The largest absolute Gasteiger partial charge is 0.497 e. The number of hydrogen-bond donors (Lipinski definition) is 0. The van der Waals surface area contributed by atoms with Crippen LogP contribution in [0.15, 0.2) is 46.2 Å². The molecule has 3 aromatic rings. The third-order valence-electron chi connectivity index (χ3n) is 4.70. The van der Waals surface area contributed by atoms with Gasteiger partial charge in [-0.1, -0.05) is 12.1 Å². The maximum Gasteiger partial charge on any atom is 0.260 e. The molecule has 1 amide bonds. The molecule has 4 rings (SSSR count). The number of rotatable bonds is 6. The first kappa shape index (κ1) is 18.5. The Bertz CT molecular complexity index is 925.